The van der Waals surface area contributed by atoms with Gasteiger partial charge < -0.3 is 14.0 Å². The minimum absolute atomic E-state index is 0.0874. The average molecular weight is 387 g/mol. The van der Waals surface area contributed by atoms with Gasteiger partial charge in [-0.25, -0.2) is 17.6 Å². The molecule has 1 saturated carbocycles. The summed E-state index contributed by atoms with van der Waals surface area (Å²) in [5.74, 6) is -2.64. The number of ether oxygens (including phenoxy) is 2. The van der Waals surface area contributed by atoms with Crippen molar-refractivity contribution in [3.8, 4) is 0 Å². The second-order valence-corrected chi connectivity index (χ2v) is 8.45. The first kappa shape index (κ1) is 20.0. The predicted octanol–water partition coefficient (Wildman–Crippen LogP) is 1.37. The summed E-state index contributed by atoms with van der Waals surface area (Å²) in [5.41, 5.74) is -2.66. The minimum atomic E-state index is -6.26. The minimum Gasteiger partial charge on any atom is -0.743 e. The van der Waals surface area contributed by atoms with Crippen LogP contribution in [0.2, 0.25) is 0 Å². The number of halogens is 3. The highest BCUT2D eigenvalue weighted by Gasteiger charge is 2.72. The van der Waals surface area contributed by atoms with E-state index < -0.39 is 57.0 Å². The lowest BCUT2D eigenvalue weighted by molar-refractivity contribution is -0.184. The Labute approximate surface area is 142 Å². The molecule has 144 valence electrons. The van der Waals surface area contributed by atoms with Gasteiger partial charge in [0, 0.05) is 5.92 Å². The Hall–Kier alpha value is -1.36. The third kappa shape index (κ3) is 2.80. The van der Waals surface area contributed by atoms with Gasteiger partial charge in [0.05, 0.1) is 5.41 Å². The zero-order valence-corrected chi connectivity index (χ0v) is 14.6. The van der Waals surface area contributed by atoms with Crippen LogP contribution in [0.3, 0.4) is 0 Å². The smallest absolute Gasteiger partial charge is 0.368 e. The molecule has 2 aliphatic rings. The van der Waals surface area contributed by atoms with Gasteiger partial charge in [-0.2, -0.15) is 8.78 Å². The van der Waals surface area contributed by atoms with Gasteiger partial charge in [0.1, 0.15) is 6.61 Å². The van der Waals surface area contributed by atoms with Crippen molar-refractivity contribution in [1.82, 2.24) is 0 Å². The summed E-state index contributed by atoms with van der Waals surface area (Å²) >= 11 is 0. The normalized spacial score (nSPS) is 33.4. The molecule has 0 aromatic rings. The van der Waals surface area contributed by atoms with Crippen molar-refractivity contribution in [3.05, 3.63) is 0 Å². The summed E-state index contributed by atoms with van der Waals surface area (Å²) in [5, 5.41) is -5.24. The van der Waals surface area contributed by atoms with Crippen LogP contribution in [0.4, 0.5) is 13.2 Å². The van der Waals surface area contributed by atoms with E-state index >= 15 is 0 Å². The summed E-state index contributed by atoms with van der Waals surface area (Å²) in [6.45, 7) is 3.47. The van der Waals surface area contributed by atoms with E-state index in [1.54, 1.807) is 20.8 Å². The van der Waals surface area contributed by atoms with E-state index in [9.17, 15) is 35.7 Å². The van der Waals surface area contributed by atoms with Crippen LogP contribution < -0.4 is 0 Å². The molecule has 1 aliphatic heterocycles. The maximum absolute atomic E-state index is 13.5. The third-order valence-corrected chi connectivity index (χ3v) is 5.94. The molecule has 4 atom stereocenters. The average Bonchev–Trinajstić information content (AvgIpc) is 2.89. The molecule has 1 heterocycles. The van der Waals surface area contributed by atoms with Crippen molar-refractivity contribution in [2.24, 2.45) is 17.3 Å². The quantitative estimate of drug-likeness (QED) is 0.500. The topological polar surface area (TPSA) is 110 Å². The van der Waals surface area contributed by atoms with Crippen LogP contribution >= 0.6 is 0 Å². The number of carbonyl (C=O) groups is 2. The van der Waals surface area contributed by atoms with E-state index in [0.717, 1.165) is 0 Å². The van der Waals surface area contributed by atoms with Crippen LogP contribution in [0.1, 0.15) is 33.6 Å². The van der Waals surface area contributed by atoms with Crippen LogP contribution in [-0.4, -0.2) is 48.5 Å². The molecular formula is C14H18F3O7S-. The largest absolute Gasteiger partial charge is 0.743 e. The van der Waals surface area contributed by atoms with E-state index in [-0.39, 0.29) is 12.3 Å². The molecule has 0 aromatic carbocycles. The Bertz CT molecular complexity index is 693. The van der Waals surface area contributed by atoms with Crippen LogP contribution in [-0.2, 0) is 29.2 Å². The first-order chi connectivity index (χ1) is 11.2. The van der Waals surface area contributed by atoms with Crippen LogP contribution in [0.25, 0.3) is 0 Å². The summed E-state index contributed by atoms with van der Waals surface area (Å²) in [7, 11) is -6.26. The predicted molar refractivity (Wildman–Crippen MR) is 75.0 cm³/mol. The molecule has 2 bridgehead atoms. The Morgan fingerprint density at radius 2 is 2.00 bits per heavy atom. The molecule has 0 radical (unpaired) electrons. The van der Waals surface area contributed by atoms with E-state index in [1.165, 1.54) is 0 Å². The molecule has 2 fully saturated rings. The number of hydrogen-bond acceptors (Lipinski definition) is 7. The molecule has 0 amide bonds. The fraction of sp³-hybridized carbons (Fsp3) is 0.857. The molecule has 11 heteroatoms. The monoisotopic (exact) mass is 387 g/mol. The molecule has 0 spiro atoms. The highest BCUT2D eigenvalue weighted by Crippen LogP contribution is 2.60. The van der Waals surface area contributed by atoms with Gasteiger partial charge >= 0.3 is 17.2 Å². The standard InChI is InChI=1S/C14H19F3O7S/c1-7(2)9-12(3)4-5-13(9,24-10(12)18)11(19)23-6-8(15)14(16,17)25(20,21)22/h7-9H,4-6H2,1-3H3,(H,20,21,22)/p-1. The number of carbonyl (C=O) groups excluding carboxylic acids is 2. The molecule has 1 aliphatic carbocycles. The van der Waals surface area contributed by atoms with E-state index in [4.69, 9.17) is 4.74 Å². The van der Waals surface area contributed by atoms with E-state index in [0.29, 0.717) is 6.42 Å². The summed E-state index contributed by atoms with van der Waals surface area (Å²) in [4.78, 5) is 24.4. The lowest BCUT2D eigenvalue weighted by Crippen LogP contribution is -2.48. The summed E-state index contributed by atoms with van der Waals surface area (Å²) in [6.07, 6.45) is -3.13. The van der Waals surface area contributed by atoms with Crippen molar-refractivity contribution in [3.63, 3.8) is 0 Å². The van der Waals surface area contributed by atoms with Gasteiger partial charge in [-0.3, -0.25) is 4.79 Å². The van der Waals surface area contributed by atoms with E-state index in [1.807, 2.05) is 0 Å². The lowest BCUT2D eigenvalue weighted by atomic mass is 9.72. The molecule has 7 nitrogen and oxygen atoms in total. The SMILES string of the molecule is CC(C)C1C2(C)CCC1(C(=O)OCC(F)C(F)(F)S(=O)(=O)[O-])OC2=O. The summed E-state index contributed by atoms with van der Waals surface area (Å²) in [6, 6.07) is 0. The zero-order valence-electron chi connectivity index (χ0n) is 13.8. The molecular weight excluding hydrogens is 369 g/mol. The highest BCUT2D eigenvalue weighted by atomic mass is 32.2. The Morgan fingerprint density at radius 3 is 2.44 bits per heavy atom. The second kappa shape index (κ2) is 5.83. The Morgan fingerprint density at radius 1 is 1.44 bits per heavy atom. The number of hydrogen-bond donors (Lipinski definition) is 0. The molecule has 25 heavy (non-hydrogen) atoms. The van der Waals surface area contributed by atoms with Crippen LogP contribution in [0.15, 0.2) is 0 Å². The molecule has 4 unspecified atom stereocenters. The highest BCUT2D eigenvalue weighted by molar-refractivity contribution is 7.86. The number of rotatable bonds is 6. The number of fused-ring (bicyclic) bond motifs is 2. The van der Waals surface area contributed by atoms with E-state index in [2.05, 4.69) is 4.74 Å². The van der Waals surface area contributed by atoms with Gasteiger partial charge in [-0.1, -0.05) is 13.8 Å². The van der Waals surface area contributed by atoms with Gasteiger partial charge in [0.25, 0.3) is 0 Å². The first-order valence-electron chi connectivity index (χ1n) is 7.58. The van der Waals surface area contributed by atoms with Gasteiger partial charge in [0.2, 0.25) is 11.8 Å². The van der Waals surface area contributed by atoms with Crippen molar-refractivity contribution < 1.29 is 45.2 Å². The summed E-state index contributed by atoms with van der Waals surface area (Å²) < 4.78 is 80.5. The number of esters is 2. The fourth-order valence-corrected chi connectivity index (χ4v) is 4.35. The second-order valence-electron chi connectivity index (χ2n) is 7.00. The van der Waals surface area contributed by atoms with Crippen LogP contribution in [0.5, 0.6) is 0 Å². The third-order valence-electron chi connectivity index (χ3n) is 5.02. The van der Waals surface area contributed by atoms with Crippen molar-refractivity contribution in [1.29, 1.82) is 0 Å². The molecule has 0 N–H and O–H groups in total. The number of alkyl halides is 3. The van der Waals surface area contributed by atoms with Gasteiger partial charge in [-0.05, 0) is 25.7 Å². The maximum atomic E-state index is 13.5. The van der Waals surface area contributed by atoms with Crippen molar-refractivity contribution in [2.45, 2.75) is 50.6 Å². The van der Waals surface area contributed by atoms with Crippen molar-refractivity contribution in [2.75, 3.05) is 6.61 Å². The van der Waals surface area contributed by atoms with Crippen LogP contribution in [0, 0.1) is 17.3 Å². The van der Waals surface area contributed by atoms with Crippen molar-refractivity contribution >= 4 is 22.1 Å². The first-order valence-corrected chi connectivity index (χ1v) is 8.99. The molecule has 1 saturated heterocycles. The fourth-order valence-electron chi connectivity index (χ4n) is 3.97. The molecule has 2 rings (SSSR count). The Kier molecular flexibility index (Phi) is 4.66. The molecule has 0 aromatic heterocycles. The zero-order chi connectivity index (χ0) is 19.4. The van der Waals surface area contributed by atoms with Gasteiger partial charge in [0.15, 0.2) is 10.1 Å². The maximum Gasteiger partial charge on any atom is 0.368 e. The van der Waals surface area contributed by atoms with Gasteiger partial charge in [-0.15, -0.1) is 0 Å². The lowest BCUT2D eigenvalue weighted by Gasteiger charge is -2.31. The Balaban J connectivity index is 2.17.